The van der Waals surface area contributed by atoms with Gasteiger partial charge in [-0.25, -0.2) is 39.5 Å². The van der Waals surface area contributed by atoms with Crippen LogP contribution in [0.2, 0.25) is 0 Å². The zero-order chi connectivity index (χ0) is 35.4. The van der Waals surface area contributed by atoms with Gasteiger partial charge in [0.15, 0.2) is 11.5 Å². The molecule has 0 atom stereocenters. The molecule has 5 aromatic rings. The Morgan fingerprint density at radius 2 is 0.583 bits per heavy atom. The normalized spacial score (nSPS) is 11.2. The molecule has 250 valence electrons. The minimum absolute atomic E-state index is 0.179. The Morgan fingerprint density at radius 3 is 0.958 bits per heavy atom. The van der Waals surface area contributed by atoms with Gasteiger partial charge >= 0.3 is 0 Å². The van der Waals surface area contributed by atoms with Gasteiger partial charge in [-0.15, -0.1) is 0 Å². The van der Waals surface area contributed by atoms with Crippen molar-refractivity contribution >= 4 is 0 Å². The Morgan fingerprint density at radius 1 is 0.271 bits per heavy atom. The maximum absolute atomic E-state index is 14.7. The van der Waals surface area contributed by atoms with E-state index in [1.54, 1.807) is 0 Å². The van der Waals surface area contributed by atoms with Crippen LogP contribution in [0.1, 0.15) is 0 Å². The number of hydrogen-bond acceptors (Lipinski definition) is 3. The fraction of sp³-hybridized carbons (Fsp3) is 0. The molecule has 18 heteroatoms. The third-order valence-corrected chi connectivity index (χ3v) is 6.29. The SMILES string of the molecule is Fc1c(F)c(F)c(Oc2ccc(-c3ccccc3)c(Oc3c(F)c(F)c(F)c(F)c3F)c2Oc2c(F)c(F)c(F)c(F)c2F)c(F)c1F. The van der Waals surface area contributed by atoms with Gasteiger partial charge in [0.05, 0.1) is 0 Å². The van der Waals surface area contributed by atoms with Gasteiger partial charge in [0.25, 0.3) is 0 Å². The Bertz CT molecular complexity index is 2030. The summed E-state index contributed by atoms with van der Waals surface area (Å²) < 4.78 is 228. The fourth-order valence-electron chi connectivity index (χ4n) is 4.01. The van der Waals surface area contributed by atoms with Crippen LogP contribution in [0.5, 0.6) is 34.5 Å². The van der Waals surface area contributed by atoms with Crippen LogP contribution in [-0.2, 0) is 0 Å². The summed E-state index contributed by atoms with van der Waals surface area (Å²) in [5.41, 5.74) is -0.815. The molecule has 0 spiro atoms. The Labute approximate surface area is 255 Å². The summed E-state index contributed by atoms with van der Waals surface area (Å²) in [6.07, 6.45) is 0. The molecule has 0 bridgehead atoms. The van der Waals surface area contributed by atoms with Crippen molar-refractivity contribution < 1.29 is 80.1 Å². The summed E-state index contributed by atoms with van der Waals surface area (Å²) in [5, 5.41) is 0. The lowest BCUT2D eigenvalue weighted by Crippen LogP contribution is -2.08. The second-order valence-electron chi connectivity index (χ2n) is 9.14. The van der Waals surface area contributed by atoms with E-state index in [9.17, 15) is 65.9 Å². The van der Waals surface area contributed by atoms with Crippen LogP contribution < -0.4 is 14.2 Å². The Kier molecular flexibility index (Phi) is 8.85. The summed E-state index contributed by atoms with van der Waals surface area (Å²) in [6, 6.07) is 7.36. The standard InChI is InChI=1S/C30H7F15O3/c31-11-14(34)20(40)28(21(41)15(11)35)46-10-7-6-9(8-4-2-1-3-5-8)26(47-29-22(42)16(36)12(32)17(37)23(29)43)27(10)48-30-24(44)18(38)13(33)19(39)25(30)45/h1-7H. The van der Waals surface area contributed by atoms with E-state index in [1.807, 2.05) is 0 Å². The fourth-order valence-corrected chi connectivity index (χ4v) is 4.01. The quantitative estimate of drug-likeness (QED) is 0.0961. The predicted octanol–water partition coefficient (Wildman–Crippen LogP) is 10.8. The molecule has 48 heavy (non-hydrogen) atoms. The van der Waals surface area contributed by atoms with Crippen molar-refractivity contribution in [2.45, 2.75) is 0 Å². The van der Waals surface area contributed by atoms with Gasteiger partial charge in [-0.3, -0.25) is 0 Å². The molecule has 3 nitrogen and oxygen atoms in total. The lowest BCUT2D eigenvalue weighted by atomic mass is 10.0. The van der Waals surface area contributed by atoms with Crippen molar-refractivity contribution in [3.05, 3.63) is 130 Å². The minimum atomic E-state index is -2.74. The van der Waals surface area contributed by atoms with E-state index in [0.717, 1.165) is 12.1 Å². The van der Waals surface area contributed by atoms with Crippen molar-refractivity contribution in [1.29, 1.82) is 0 Å². The number of rotatable bonds is 7. The first-order valence-corrected chi connectivity index (χ1v) is 12.4. The molecule has 0 aromatic heterocycles. The number of hydrogen-bond donors (Lipinski definition) is 0. The minimum Gasteiger partial charge on any atom is -0.447 e. The first-order valence-electron chi connectivity index (χ1n) is 12.4. The predicted molar refractivity (Wildman–Crippen MR) is 131 cm³/mol. The molecule has 0 N–H and O–H groups in total. The summed E-state index contributed by atoms with van der Waals surface area (Å²) in [5.74, 6) is -51.5. The molecular weight excluding hydrogens is 693 g/mol. The van der Waals surface area contributed by atoms with Crippen molar-refractivity contribution in [2.75, 3.05) is 0 Å². The lowest BCUT2D eigenvalue weighted by Gasteiger charge is -2.21. The molecule has 0 aliphatic carbocycles. The third-order valence-electron chi connectivity index (χ3n) is 6.29. The molecule has 0 heterocycles. The van der Waals surface area contributed by atoms with Crippen molar-refractivity contribution in [2.24, 2.45) is 0 Å². The summed E-state index contributed by atoms with van der Waals surface area (Å²) >= 11 is 0. The van der Waals surface area contributed by atoms with Crippen LogP contribution in [0.15, 0.2) is 42.5 Å². The Hall–Kier alpha value is -5.55. The van der Waals surface area contributed by atoms with E-state index in [1.165, 1.54) is 18.2 Å². The molecule has 0 saturated carbocycles. The average Bonchev–Trinajstić information content (AvgIpc) is 3.09. The molecule has 5 rings (SSSR count). The maximum Gasteiger partial charge on any atom is 0.213 e. The van der Waals surface area contributed by atoms with Crippen molar-refractivity contribution in [3.63, 3.8) is 0 Å². The topological polar surface area (TPSA) is 27.7 Å². The van der Waals surface area contributed by atoms with E-state index in [-0.39, 0.29) is 5.56 Å². The van der Waals surface area contributed by atoms with E-state index in [0.29, 0.717) is 12.1 Å². The number of halogens is 15. The highest BCUT2D eigenvalue weighted by Crippen LogP contribution is 2.52. The van der Waals surface area contributed by atoms with Gasteiger partial charge in [0.1, 0.15) is 0 Å². The Balaban J connectivity index is 1.89. The van der Waals surface area contributed by atoms with Crippen LogP contribution in [0.25, 0.3) is 11.1 Å². The van der Waals surface area contributed by atoms with Gasteiger partial charge in [-0.2, -0.15) is 26.3 Å². The average molecular weight is 700 g/mol. The first-order chi connectivity index (χ1) is 22.6. The van der Waals surface area contributed by atoms with E-state index in [4.69, 9.17) is 14.2 Å². The third kappa shape index (κ3) is 5.45. The molecule has 0 fully saturated rings. The second-order valence-corrected chi connectivity index (χ2v) is 9.14. The molecule has 0 unspecified atom stereocenters. The zero-order valence-corrected chi connectivity index (χ0v) is 22.4. The van der Waals surface area contributed by atoms with E-state index in [2.05, 4.69) is 0 Å². The van der Waals surface area contributed by atoms with Crippen molar-refractivity contribution in [3.8, 4) is 45.6 Å². The van der Waals surface area contributed by atoms with Gasteiger partial charge < -0.3 is 14.2 Å². The monoisotopic (exact) mass is 700 g/mol. The van der Waals surface area contributed by atoms with Crippen LogP contribution in [-0.4, -0.2) is 0 Å². The first kappa shape index (κ1) is 33.8. The molecule has 0 saturated heterocycles. The van der Waals surface area contributed by atoms with Crippen LogP contribution >= 0.6 is 0 Å². The largest absolute Gasteiger partial charge is 0.447 e. The van der Waals surface area contributed by atoms with Crippen LogP contribution in [0.4, 0.5) is 65.9 Å². The van der Waals surface area contributed by atoms with E-state index >= 15 is 0 Å². The highest BCUT2D eigenvalue weighted by Gasteiger charge is 2.34. The van der Waals surface area contributed by atoms with Gasteiger partial charge in [-0.05, 0) is 17.7 Å². The zero-order valence-electron chi connectivity index (χ0n) is 22.4. The second kappa shape index (κ2) is 12.6. The smallest absolute Gasteiger partial charge is 0.213 e. The summed E-state index contributed by atoms with van der Waals surface area (Å²) in [7, 11) is 0. The highest BCUT2D eigenvalue weighted by atomic mass is 19.2. The molecule has 0 radical (unpaired) electrons. The van der Waals surface area contributed by atoms with Crippen molar-refractivity contribution in [1.82, 2.24) is 0 Å². The van der Waals surface area contributed by atoms with E-state index < -0.39 is 127 Å². The molecule has 0 aliphatic heterocycles. The molecule has 0 amide bonds. The van der Waals surface area contributed by atoms with Gasteiger partial charge in [0, 0.05) is 5.56 Å². The summed E-state index contributed by atoms with van der Waals surface area (Å²) in [6.45, 7) is 0. The van der Waals surface area contributed by atoms with Gasteiger partial charge in [0.2, 0.25) is 110 Å². The highest BCUT2D eigenvalue weighted by molar-refractivity contribution is 5.77. The summed E-state index contributed by atoms with van der Waals surface area (Å²) in [4.78, 5) is 0. The number of benzene rings is 5. The maximum atomic E-state index is 14.7. The lowest BCUT2D eigenvalue weighted by molar-refractivity contribution is 0.299. The number of ether oxygens (including phenoxy) is 3. The molecule has 5 aromatic carbocycles. The van der Waals surface area contributed by atoms with Gasteiger partial charge in [-0.1, -0.05) is 30.3 Å². The van der Waals surface area contributed by atoms with Crippen LogP contribution in [0.3, 0.4) is 0 Å². The molecule has 0 aliphatic rings. The van der Waals surface area contributed by atoms with Crippen LogP contribution in [0, 0.1) is 87.3 Å². The molecular formula is C30H7F15O3.